The number of aliphatic carboxylic acids is 1. The molecular weight excluding hydrogens is 261 g/mol. The first-order chi connectivity index (χ1) is 8.13. The average Bonchev–Trinajstić information content (AvgIpc) is 2.66. The molecule has 1 aromatic heterocycles. The van der Waals surface area contributed by atoms with Gasteiger partial charge in [-0.05, 0) is 6.07 Å². The quantitative estimate of drug-likeness (QED) is 0.407. The SMILES string of the molecule is CNc1c(C(=O)CC(=O)[O-])sc2ccccc12.[Na+]. The largest absolute Gasteiger partial charge is 1.00 e. The van der Waals surface area contributed by atoms with E-state index in [2.05, 4.69) is 5.32 Å². The maximum Gasteiger partial charge on any atom is 1.00 e. The zero-order valence-electron chi connectivity index (χ0n) is 10.1. The third-order valence-corrected chi connectivity index (χ3v) is 3.62. The summed E-state index contributed by atoms with van der Waals surface area (Å²) in [5.74, 6) is -1.77. The molecule has 0 bridgehead atoms. The second-order valence-electron chi connectivity index (χ2n) is 3.52. The van der Waals surface area contributed by atoms with Crippen LogP contribution >= 0.6 is 11.3 Å². The Morgan fingerprint density at radius 3 is 2.61 bits per heavy atom. The van der Waals surface area contributed by atoms with Crippen LogP contribution in [0.1, 0.15) is 16.1 Å². The summed E-state index contributed by atoms with van der Waals surface area (Å²) in [6, 6.07) is 7.55. The number of carboxylic acids is 1. The fourth-order valence-electron chi connectivity index (χ4n) is 1.70. The van der Waals surface area contributed by atoms with Crippen LogP contribution in [0.2, 0.25) is 0 Å². The number of fused-ring (bicyclic) bond motifs is 1. The molecule has 0 radical (unpaired) electrons. The predicted octanol–water partition coefficient (Wildman–Crippen LogP) is -1.73. The number of hydrogen-bond donors (Lipinski definition) is 1. The Kier molecular flexibility index (Phi) is 5.34. The molecule has 0 aliphatic rings. The van der Waals surface area contributed by atoms with E-state index >= 15 is 0 Å². The summed E-state index contributed by atoms with van der Waals surface area (Å²) in [6.45, 7) is 0. The number of rotatable bonds is 4. The summed E-state index contributed by atoms with van der Waals surface area (Å²) in [5, 5.41) is 14.3. The molecule has 88 valence electrons. The fourth-order valence-corrected chi connectivity index (χ4v) is 2.85. The van der Waals surface area contributed by atoms with E-state index in [0.717, 1.165) is 10.1 Å². The van der Waals surface area contributed by atoms with Gasteiger partial charge in [0.15, 0.2) is 5.78 Å². The average molecular weight is 271 g/mol. The number of anilines is 1. The van der Waals surface area contributed by atoms with Gasteiger partial charge in [-0.1, -0.05) is 18.2 Å². The van der Waals surface area contributed by atoms with Gasteiger partial charge < -0.3 is 15.2 Å². The molecular formula is C12H10NNaO3S. The molecule has 0 aliphatic carbocycles. The maximum absolute atomic E-state index is 11.8. The molecule has 0 spiro atoms. The predicted molar refractivity (Wildman–Crippen MR) is 65.3 cm³/mol. The first-order valence-corrected chi connectivity index (χ1v) is 5.87. The van der Waals surface area contributed by atoms with Crippen molar-refractivity contribution in [2.75, 3.05) is 12.4 Å². The zero-order valence-corrected chi connectivity index (χ0v) is 13.0. The molecule has 18 heavy (non-hydrogen) atoms. The number of carbonyl (C=O) groups excluding carboxylic acids is 2. The van der Waals surface area contributed by atoms with Crippen LogP contribution in [-0.2, 0) is 4.79 Å². The van der Waals surface area contributed by atoms with Crippen LogP contribution in [0, 0.1) is 0 Å². The van der Waals surface area contributed by atoms with Crippen LogP contribution in [0.5, 0.6) is 0 Å². The number of nitrogens with one attached hydrogen (secondary N) is 1. The van der Waals surface area contributed by atoms with Gasteiger partial charge in [0.2, 0.25) is 0 Å². The van der Waals surface area contributed by atoms with Crippen molar-refractivity contribution in [1.82, 2.24) is 0 Å². The third-order valence-electron chi connectivity index (χ3n) is 2.40. The van der Waals surface area contributed by atoms with Crippen molar-refractivity contribution >= 4 is 38.9 Å². The number of carbonyl (C=O) groups is 2. The van der Waals surface area contributed by atoms with E-state index in [4.69, 9.17) is 0 Å². The molecule has 0 saturated carbocycles. The van der Waals surface area contributed by atoms with Gasteiger partial charge >= 0.3 is 29.6 Å². The Hall–Kier alpha value is -0.880. The number of hydrogen-bond acceptors (Lipinski definition) is 5. The minimum Gasteiger partial charge on any atom is -0.550 e. The summed E-state index contributed by atoms with van der Waals surface area (Å²) >= 11 is 1.30. The Morgan fingerprint density at radius 1 is 1.33 bits per heavy atom. The van der Waals surface area contributed by atoms with Gasteiger partial charge in [-0.25, -0.2) is 0 Å². The first-order valence-electron chi connectivity index (χ1n) is 5.06. The van der Waals surface area contributed by atoms with Gasteiger partial charge in [-0.3, -0.25) is 4.79 Å². The third kappa shape index (κ3) is 2.92. The van der Waals surface area contributed by atoms with Crippen molar-refractivity contribution in [3.63, 3.8) is 0 Å². The van der Waals surface area contributed by atoms with Crippen molar-refractivity contribution < 1.29 is 44.3 Å². The zero-order chi connectivity index (χ0) is 12.4. The Bertz CT molecular complexity index is 594. The second-order valence-corrected chi connectivity index (χ2v) is 4.58. The molecule has 2 rings (SSSR count). The van der Waals surface area contributed by atoms with Crippen molar-refractivity contribution in [3.8, 4) is 0 Å². The van der Waals surface area contributed by atoms with Crippen LogP contribution in [0.15, 0.2) is 24.3 Å². The standard InChI is InChI=1S/C12H11NO3S.Na/c1-13-11-7-4-2-3-5-9(7)17-12(11)8(14)6-10(15)16;/h2-5,13H,6H2,1H3,(H,15,16);/q;+1/p-1. The van der Waals surface area contributed by atoms with Gasteiger partial charge in [-0.2, -0.15) is 0 Å². The van der Waals surface area contributed by atoms with Crippen molar-refractivity contribution in [1.29, 1.82) is 0 Å². The van der Waals surface area contributed by atoms with E-state index in [9.17, 15) is 14.7 Å². The molecule has 1 heterocycles. The summed E-state index contributed by atoms with van der Waals surface area (Å²) in [5.41, 5.74) is 0.692. The maximum atomic E-state index is 11.8. The Morgan fingerprint density at radius 2 is 2.00 bits per heavy atom. The topological polar surface area (TPSA) is 69.2 Å². The molecule has 2 aromatic rings. The molecule has 6 heteroatoms. The summed E-state index contributed by atoms with van der Waals surface area (Å²) < 4.78 is 0.957. The molecule has 0 saturated heterocycles. The van der Waals surface area contributed by atoms with Gasteiger partial charge in [-0.15, -0.1) is 11.3 Å². The van der Waals surface area contributed by atoms with Crippen LogP contribution in [-0.4, -0.2) is 18.8 Å². The normalized spacial score (nSPS) is 9.83. The molecule has 1 N–H and O–H groups in total. The van der Waals surface area contributed by atoms with Crippen molar-refractivity contribution in [3.05, 3.63) is 29.1 Å². The smallest absolute Gasteiger partial charge is 0.550 e. The van der Waals surface area contributed by atoms with E-state index in [1.165, 1.54) is 11.3 Å². The van der Waals surface area contributed by atoms with Crippen LogP contribution in [0.3, 0.4) is 0 Å². The number of benzene rings is 1. The van der Waals surface area contributed by atoms with Gasteiger partial charge in [0, 0.05) is 23.1 Å². The number of thiophene rings is 1. The molecule has 1 aromatic carbocycles. The van der Waals surface area contributed by atoms with Crippen molar-refractivity contribution in [2.24, 2.45) is 0 Å². The minimum absolute atomic E-state index is 0. The molecule has 0 atom stereocenters. The molecule has 0 amide bonds. The number of ketones is 1. The van der Waals surface area contributed by atoms with Gasteiger partial charge in [0.1, 0.15) is 0 Å². The molecule has 4 nitrogen and oxygen atoms in total. The molecule has 0 aliphatic heterocycles. The minimum atomic E-state index is -1.35. The van der Waals surface area contributed by atoms with Gasteiger partial charge in [0.05, 0.1) is 17.0 Å². The van der Waals surface area contributed by atoms with E-state index in [1.54, 1.807) is 7.05 Å². The monoisotopic (exact) mass is 271 g/mol. The Labute approximate surface area is 130 Å². The van der Waals surface area contributed by atoms with E-state index < -0.39 is 18.2 Å². The fraction of sp³-hybridized carbons (Fsp3) is 0.167. The summed E-state index contributed by atoms with van der Waals surface area (Å²) in [7, 11) is 1.71. The van der Waals surface area contributed by atoms with Crippen molar-refractivity contribution in [2.45, 2.75) is 6.42 Å². The van der Waals surface area contributed by atoms with Crippen LogP contribution < -0.4 is 40.0 Å². The molecule has 0 fully saturated rings. The first kappa shape index (κ1) is 15.2. The summed E-state index contributed by atoms with van der Waals surface area (Å²) in [4.78, 5) is 22.6. The Balaban J connectivity index is 0.00000162. The van der Waals surface area contributed by atoms with Crippen LogP contribution in [0.4, 0.5) is 5.69 Å². The van der Waals surface area contributed by atoms with E-state index in [1.807, 2.05) is 24.3 Å². The van der Waals surface area contributed by atoms with Gasteiger partial charge in [0.25, 0.3) is 0 Å². The summed E-state index contributed by atoms with van der Waals surface area (Å²) in [6.07, 6.45) is -0.582. The van der Waals surface area contributed by atoms with E-state index in [0.29, 0.717) is 10.6 Å². The van der Waals surface area contributed by atoms with E-state index in [-0.39, 0.29) is 29.6 Å². The second kappa shape index (κ2) is 6.33. The number of Topliss-reactive ketones (excluding diaryl/α,β-unsaturated/α-hetero) is 1. The number of carboxylic acid groups (broad SMARTS) is 1. The van der Waals surface area contributed by atoms with Crippen LogP contribution in [0.25, 0.3) is 10.1 Å². The molecule has 0 unspecified atom stereocenters.